The minimum atomic E-state index is -0.805. The Morgan fingerprint density at radius 2 is 0.711 bits per heavy atom. The molecule has 6 N–H and O–H groups in total. The standard InChI is InChI=1S/3C31H43N3O4/c3*1-31(2)15-19-38-27(20-31)25-10-3-4-11-26(25)28(30(35)36)34-17-14-24(21-34)37-18-6-5-9-23-13-12-22-8-7-16-32-29(22)33-23/h3*3-4,10-13,24,27-28H,5-9,14-21H2,1-2H3,(H,32,33)(H,35,36)/t24-,27+,28+;24-,27+,28-;24-,27-,28-/m111/s1. The van der Waals surface area contributed by atoms with E-state index >= 15 is 0 Å². The summed E-state index contributed by atoms with van der Waals surface area (Å²) in [5.41, 5.74) is 13.6. The summed E-state index contributed by atoms with van der Waals surface area (Å²) in [6.07, 6.45) is 24.1. The Labute approximate surface area is 677 Å². The van der Waals surface area contributed by atoms with Crippen LogP contribution in [0.4, 0.5) is 17.5 Å². The number of rotatable bonds is 30. The number of pyridine rings is 3. The van der Waals surface area contributed by atoms with Gasteiger partial charge in [0.1, 0.15) is 35.6 Å². The van der Waals surface area contributed by atoms with Crippen molar-refractivity contribution in [2.24, 2.45) is 16.2 Å². The Kier molecular flexibility index (Phi) is 29.7. The van der Waals surface area contributed by atoms with Crippen LogP contribution in [-0.4, -0.2) is 180 Å². The molecule has 15 rings (SSSR count). The van der Waals surface area contributed by atoms with Crippen molar-refractivity contribution in [1.29, 1.82) is 0 Å². The Hall–Kier alpha value is -7.44. The van der Waals surface area contributed by atoms with Crippen LogP contribution in [0, 0.1) is 16.2 Å². The molecule has 0 unspecified atom stereocenters. The highest BCUT2D eigenvalue weighted by Gasteiger charge is 2.42. The topological polar surface area (TPSA) is 252 Å². The number of aryl methyl sites for hydroxylation is 6. The molecule has 6 saturated heterocycles. The van der Waals surface area contributed by atoms with Gasteiger partial charge in [-0.1, -0.05) is 133 Å². The van der Waals surface area contributed by atoms with E-state index in [2.05, 4.69) is 127 Å². The summed E-state index contributed by atoms with van der Waals surface area (Å²) in [5, 5.41) is 41.1. The minimum absolute atomic E-state index is 0.0631. The van der Waals surface area contributed by atoms with Gasteiger partial charge in [0.15, 0.2) is 0 Å². The molecule has 3 aromatic heterocycles. The predicted molar refractivity (Wildman–Crippen MR) is 445 cm³/mol. The van der Waals surface area contributed by atoms with Gasteiger partial charge in [-0.3, -0.25) is 29.1 Å². The summed E-state index contributed by atoms with van der Waals surface area (Å²) in [5.74, 6) is 0.763. The van der Waals surface area contributed by atoms with Crippen molar-refractivity contribution in [3.8, 4) is 0 Å². The van der Waals surface area contributed by atoms with Crippen LogP contribution in [0.3, 0.4) is 0 Å². The number of aromatic nitrogens is 3. The van der Waals surface area contributed by atoms with Gasteiger partial charge in [-0.25, -0.2) is 15.0 Å². The number of anilines is 3. The largest absolute Gasteiger partial charge is 0.480 e. The summed E-state index contributed by atoms with van der Waals surface area (Å²) >= 11 is 0. The fraction of sp³-hybridized carbons (Fsp3) is 0.613. The minimum Gasteiger partial charge on any atom is -0.480 e. The molecular weight excluding hydrogens is 1440 g/mol. The molecule has 12 heterocycles. The van der Waals surface area contributed by atoms with Crippen molar-refractivity contribution in [2.45, 2.75) is 250 Å². The van der Waals surface area contributed by atoms with Gasteiger partial charge in [0, 0.05) is 116 Å². The zero-order valence-corrected chi connectivity index (χ0v) is 68.9. The van der Waals surface area contributed by atoms with Crippen LogP contribution in [0.2, 0.25) is 0 Å². The van der Waals surface area contributed by atoms with Gasteiger partial charge in [0.05, 0.1) is 36.6 Å². The molecule has 3 aromatic carbocycles. The average molecular weight is 1570 g/mol. The zero-order valence-electron chi connectivity index (χ0n) is 68.9. The zero-order chi connectivity index (χ0) is 79.6. The first-order valence-electron chi connectivity index (χ1n) is 43.2. The molecule has 6 aromatic rings. The van der Waals surface area contributed by atoms with Crippen molar-refractivity contribution in [1.82, 2.24) is 29.7 Å². The Morgan fingerprint density at radius 3 is 0.991 bits per heavy atom. The number of nitrogens with zero attached hydrogens (tertiary/aromatic N) is 6. The van der Waals surface area contributed by atoms with Crippen molar-refractivity contribution in [2.75, 3.05) is 114 Å². The number of nitrogens with one attached hydrogen (secondary N) is 3. The summed E-state index contributed by atoms with van der Waals surface area (Å²) < 4.78 is 37.1. The van der Waals surface area contributed by atoms with Gasteiger partial charge in [0.25, 0.3) is 0 Å². The first-order valence-corrected chi connectivity index (χ1v) is 43.2. The molecule has 0 radical (unpaired) electrons. The van der Waals surface area contributed by atoms with Crippen LogP contribution >= 0.6 is 0 Å². The Bertz CT molecular complexity index is 3720. The van der Waals surface area contributed by atoms with Gasteiger partial charge in [-0.05, 0) is 239 Å². The lowest BCUT2D eigenvalue weighted by Gasteiger charge is -2.37. The molecule has 0 amide bonds. The average Bonchev–Trinajstić information content (AvgIpc) is 1.35. The molecule has 21 heteroatoms. The molecule has 114 heavy (non-hydrogen) atoms. The quantitative estimate of drug-likeness (QED) is 0.0229. The number of unbranched alkanes of at least 4 members (excludes halogenated alkanes) is 3. The molecule has 9 aliphatic rings. The maximum atomic E-state index is 12.5. The number of carboxylic acid groups (broad SMARTS) is 3. The molecule has 6 fully saturated rings. The van der Waals surface area contributed by atoms with Gasteiger partial charge < -0.3 is 59.7 Å². The molecule has 618 valence electrons. The molecule has 21 nitrogen and oxygen atoms in total. The summed E-state index contributed by atoms with van der Waals surface area (Å²) in [4.78, 5) is 58.2. The van der Waals surface area contributed by atoms with Crippen LogP contribution < -0.4 is 16.0 Å². The Morgan fingerprint density at radius 1 is 0.421 bits per heavy atom. The predicted octanol–water partition coefficient (Wildman–Crippen LogP) is 16.7. The number of benzene rings is 3. The Balaban J connectivity index is 0.000000149. The number of hydrogen-bond donors (Lipinski definition) is 6. The number of fused-ring (bicyclic) bond motifs is 3. The number of ether oxygens (including phenoxy) is 6. The van der Waals surface area contributed by atoms with Crippen molar-refractivity contribution in [3.63, 3.8) is 0 Å². The molecule has 0 bridgehead atoms. The highest BCUT2D eigenvalue weighted by Crippen LogP contribution is 2.46. The van der Waals surface area contributed by atoms with E-state index < -0.39 is 36.0 Å². The van der Waals surface area contributed by atoms with E-state index in [9.17, 15) is 29.7 Å². The second-order valence-corrected chi connectivity index (χ2v) is 35.8. The summed E-state index contributed by atoms with van der Waals surface area (Å²) in [7, 11) is 0. The summed E-state index contributed by atoms with van der Waals surface area (Å²) in [6.45, 7) is 24.9. The second kappa shape index (κ2) is 40.1. The van der Waals surface area contributed by atoms with E-state index in [-0.39, 0.29) is 52.9 Å². The lowest BCUT2D eigenvalue weighted by atomic mass is 9.79. The van der Waals surface area contributed by atoms with E-state index in [0.717, 1.165) is 242 Å². The number of aliphatic carboxylic acids is 3. The van der Waals surface area contributed by atoms with Crippen molar-refractivity contribution >= 4 is 35.4 Å². The number of carbonyl (C=O) groups is 3. The normalized spacial score (nSPS) is 23.9. The van der Waals surface area contributed by atoms with Crippen LogP contribution in [0.15, 0.2) is 109 Å². The first kappa shape index (κ1) is 84.5. The smallest absolute Gasteiger partial charge is 0.325 e. The molecule has 0 saturated carbocycles. The maximum absolute atomic E-state index is 12.5. The molecule has 0 aliphatic carbocycles. The van der Waals surface area contributed by atoms with Crippen molar-refractivity contribution < 1.29 is 58.1 Å². The third-order valence-corrected chi connectivity index (χ3v) is 25.1. The third kappa shape index (κ3) is 23.1. The number of likely N-dealkylation sites (tertiary alicyclic amines) is 3. The van der Waals surface area contributed by atoms with Crippen LogP contribution in [0.1, 0.15) is 261 Å². The van der Waals surface area contributed by atoms with E-state index in [0.29, 0.717) is 59.3 Å². The van der Waals surface area contributed by atoms with Gasteiger partial charge in [0.2, 0.25) is 0 Å². The van der Waals surface area contributed by atoms with Crippen LogP contribution in [0.25, 0.3) is 0 Å². The monoisotopic (exact) mass is 1560 g/mol. The summed E-state index contributed by atoms with van der Waals surface area (Å²) in [6, 6.07) is 34.9. The highest BCUT2D eigenvalue weighted by atomic mass is 16.5. The van der Waals surface area contributed by atoms with E-state index in [4.69, 9.17) is 43.4 Å². The second-order valence-electron chi connectivity index (χ2n) is 35.8. The van der Waals surface area contributed by atoms with Gasteiger partial charge >= 0.3 is 17.9 Å². The lowest BCUT2D eigenvalue weighted by molar-refractivity contribution is -0.144. The maximum Gasteiger partial charge on any atom is 0.325 e. The highest BCUT2D eigenvalue weighted by molar-refractivity contribution is 5.78. The first-order chi connectivity index (χ1) is 55.2. The fourth-order valence-corrected chi connectivity index (χ4v) is 18.5. The fourth-order valence-electron chi connectivity index (χ4n) is 18.5. The van der Waals surface area contributed by atoms with E-state index in [1.165, 1.54) is 36.0 Å². The van der Waals surface area contributed by atoms with Crippen LogP contribution in [-0.2, 0) is 81.3 Å². The third-order valence-electron chi connectivity index (χ3n) is 25.1. The van der Waals surface area contributed by atoms with E-state index in [1.54, 1.807) is 0 Å². The number of carboxylic acids is 3. The SMILES string of the molecule is CC1(C)CCO[C@@H](c2ccccc2[C@H](C(=O)O)N2CC[C@@H](OCCCCc3ccc4c(n3)NCCC4)C2)C1.CC1(C)CCO[C@H](c2ccccc2[C@@H](C(=O)O)N2CC[C@@H](OCCCCc3ccc4c(n3)NCCC4)C2)C1.CC1(C)CCO[C@H](c2ccccc2[C@H](C(=O)O)N2CC[C@@H](OCCCCc3ccc4c(n3)NCCC4)C2)C1. The molecular formula is C93H129N9O12. The van der Waals surface area contributed by atoms with Crippen molar-refractivity contribution in [3.05, 3.63) is 176 Å². The van der Waals surface area contributed by atoms with Crippen LogP contribution in [0.5, 0.6) is 0 Å². The molecule has 0 spiro atoms. The molecule has 9 aliphatic heterocycles. The molecule has 9 atom stereocenters. The van der Waals surface area contributed by atoms with Gasteiger partial charge in [-0.15, -0.1) is 0 Å². The van der Waals surface area contributed by atoms with Gasteiger partial charge in [-0.2, -0.15) is 0 Å². The lowest BCUT2D eigenvalue weighted by Crippen LogP contribution is -2.35. The number of hydrogen-bond acceptors (Lipinski definition) is 18. The van der Waals surface area contributed by atoms with E-state index in [1.807, 2.05) is 54.6 Å².